The van der Waals surface area contributed by atoms with Crippen molar-refractivity contribution in [2.24, 2.45) is 5.73 Å². The molecule has 2 aliphatic heterocycles. The Morgan fingerprint density at radius 3 is 2.57 bits per heavy atom. The lowest BCUT2D eigenvalue weighted by Gasteiger charge is -2.37. The van der Waals surface area contributed by atoms with Crippen LogP contribution in [0.25, 0.3) is 0 Å². The second-order valence-electron chi connectivity index (χ2n) is 5.66. The number of fused-ring (bicyclic) bond motifs is 1. The van der Waals surface area contributed by atoms with Gasteiger partial charge in [0, 0.05) is 31.8 Å². The summed E-state index contributed by atoms with van der Waals surface area (Å²) >= 11 is 0. The molecule has 2 aliphatic rings. The highest BCUT2D eigenvalue weighted by atomic mass is 16.6. The van der Waals surface area contributed by atoms with E-state index in [1.807, 2.05) is 6.07 Å². The monoisotopic (exact) mass is 292 g/mol. The second kappa shape index (κ2) is 6.64. The molecule has 0 radical (unpaired) electrons. The molecule has 1 aromatic rings. The van der Waals surface area contributed by atoms with Gasteiger partial charge in [-0.15, -0.1) is 0 Å². The molecular weight excluding hydrogens is 268 g/mol. The fraction of sp³-hybridized carbons (Fsp3) is 0.625. The third-order valence-corrected chi connectivity index (χ3v) is 4.43. The lowest BCUT2D eigenvalue weighted by atomic mass is 10.00. The summed E-state index contributed by atoms with van der Waals surface area (Å²) in [6.07, 6.45) is 2.13. The number of hydrogen-bond acceptors (Lipinski definition) is 5. The van der Waals surface area contributed by atoms with Gasteiger partial charge in [0.05, 0.1) is 0 Å². The number of hydrogen-bond donors (Lipinski definition) is 1. The van der Waals surface area contributed by atoms with Crippen molar-refractivity contribution in [3.8, 4) is 11.5 Å². The predicted octanol–water partition coefficient (Wildman–Crippen LogP) is 1.57. The van der Waals surface area contributed by atoms with Gasteiger partial charge in [-0.3, -0.25) is 4.90 Å². The van der Waals surface area contributed by atoms with Gasteiger partial charge in [0.15, 0.2) is 11.5 Å². The van der Waals surface area contributed by atoms with E-state index in [0.29, 0.717) is 25.8 Å². The molecule has 1 aromatic carbocycles. The Morgan fingerprint density at radius 1 is 1.14 bits per heavy atom. The van der Waals surface area contributed by atoms with Gasteiger partial charge in [-0.2, -0.15) is 0 Å². The van der Waals surface area contributed by atoms with Crippen molar-refractivity contribution in [3.63, 3.8) is 0 Å². The summed E-state index contributed by atoms with van der Waals surface area (Å²) in [7, 11) is 2.16. The van der Waals surface area contributed by atoms with Gasteiger partial charge in [0.2, 0.25) is 0 Å². The first-order chi connectivity index (χ1) is 10.3. The Labute approximate surface area is 126 Å². The van der Waals surface area contributed by atoms with Gasteiger partial charge in [0.25, 0.3) is 0 Å². The van der Waals surface area contributed by atoms with Crippen molar-refractivity contribution in [1.82, 2.24) is 4.90 Å². The number of benzene rings is 1. The van der Waals surface area contributed by atoms with Gasteiger partial charge in [-0.05, 0) is 37.6 Å². The molecule has 116 valence electrons. The van der Waals surface area contributed by atoms with E-state index in [1.165, 1.54) is 5.56 Å². The zero-order valence-corrected chi connectivity index (χ0v) is 12.6. The molecule has 1 saturated heterocycles. The van der Waals surface area contributed by atoms with Gasteiger partial charge in [-0.1, -0.05) is 6.07 Å². The smallest absolute Gasteiger partial charge is 0.161 e. The second-order valence-corrected chi connectivity index (χ2v) is 5.66. The Hall–Kier alpha value is -1.30. The lowest BCUT2D eigenvalue weighted by Crippen LogP contribution is -2.41. The van der Waals surface area contributed by atoms with E-state index in [4.69, 9.17) is 19.9 Å². The van der Waals surface area contributed by atoms with Crippen LogP contribution in [-0.4, -0.2) is 51.0 Å². The summed E-state index contributed by atoms with van der Waals surface area (Å²) in [5.74, 6) is 1.66. The van der Waals surface area contributed by atoms with Crippen LogP contribution >= 0.6 is 0 Å². The number of ether oxygens (including phenoxy) is 3. The minimum absolute atomic E-state index is 0.198. The molecule has 0 spiro atoms. The first-order valence-corrected chi connectivity index (χ1v) is 7.69. The molecule has 0 aromatic heterocycles. The fourth-order valence-corrected chi connectivity index (χ4v) is 3.15. The molecule has 5 heteroatoms. The average molecular weight is 292 g/mol. The number of rotatable bonds is 4. The molecule has 21 heavy (non-hydrogen) atoms. The van der Waals surface area contributed by atoms with Crippen LogP contribution in [0.15, 0.2) is 18.2 Å². The Kier molecular flexibility index (Phi) is 4.63. The van der Waals surface area contributed by atoms with Gasteiger partial charge in [-0.25, -0.2) is 0 Å². The largest absolute Gasteiger partial charge is 0.486 e. The van der Waals surface area contributed by atoms with E-state index in [2.05, 4.69) is 24.1 Å². The van der Waals surface area contributed by atoms with Gasteiger partial charge < -0.3 is 19.9 Å². The average Bonchev–Trinajstić information content (AvgIpc) is 2.56. The van der Waals surface area contributed by atoms with Crippen molar-refractivity contribution in [2.45, 2.75) is 24.9 Å². The third kappa shape index (κ3) is 3.15. The summed E-state index contributed by atoms with van der Waals surface area (Å²) in [6, 6.07) is 6.89. The summed E-state index contributed by atoms with van der Waals surface area (Å²) in [4.78, 5) is 2.38. The molecule has 1 unspecified atom stereocenters. The zero-order chi connectivity index (χ0) is 14.7. The predicted molar refractivity (Wildman–Crippen MR) is 80.8 cm³/mol. The summed E-state index contributed by atoms with van der Waals surface area (Å²) in [5, 5.41) is 0. The lowest BCUT2D eigenvalue weighted by molar-refractivity contribution is 0.0293. The quantitative estimate of drug-likeness (QED) is 0.913. The van der Waals surface area contributed by atoms with E-state index in [0.717, 1.165) is 37.6 Å². The van der Waals surface area contributed by atoms with Crippen LogP contribution in [0.1, 0.15) is 24.4 Å². The van der Waals surface area contributed by atoms with Crippen LogP contribution in [-0.2, 0) is 4.74 Å². The molecule has 2 heterocycles. The Bertz CT molecular complexity index is 475. The van der Waals surface area contributed by atoms with Crippen molar-refractivity contribution in [1.29, 1.82) is 0 Å². The van der Waals surface area contributed by atoms with E-state index in [-0.39, 0.29) is 6.04 Å². The van der Waals surface area contributed by atoms with Gasteiger partial charge >= 0.3 is 0 Å². The molecule has 0 aliphatic carbocycles. The summed E-state index contributed by atoms with van der Waals surface area (Å²) < 4.78 is 16.7. The normalized spacial score (nSPS) is 20.5. The molecule has 0 saturated carbocycles. The van der Waals surface area contributed by atoms with E-state index in [1.54, 1.807) is 0 Å². The van der Waals surface area contributed by atoms with Crippen LogP contribution in [0.4, 0.5) is 0 Å². The minimum Gasteiger partial charge on any atom is -0.486 e. The highest BCUT2D eigenvalue weighted by Crippen LogP contribution is 2.34. The molecule has 0 amide bonds. The maximum Gasteiger partial charge on any atom is 0.161 e. The van der Waals surface area contributed by atoms with Crippen molar-refractivity contribution >= 4 is 0 Å². The van der Waals surface area contributed by atoms with E-state index >= 15 is 0 Å². The fourth-order valence-electron chi connectivity index (χ4n) is 3.15. The highest BCUT2D eigenvalue weighted by Gasteiger charge is 2.26. The summed E-state index contributed by atoms with van der Waals surface area (Å²) in [6.45, 7) is 3.50. The van der Waals surface area contributed by atoms with Crippen LogP contribution < -0.4 is 15.2 Å². The first-order valence-electron chi connectivity index (χ1n) is 7.69. The molecule has 1 fully saturated rings. The molecule has 3 rings (SSSR count). The molecule has 0 bridgehead atoms. The summed E-state index contributed by atoms with van der Waals surface area (Å²) in [5.41, 5.74) is 7.23. The molecular formula is C16H24N2O3. The Morgan fingerprint density at radius 2 is 1.86 bits per heavy atom. The number of nitrogens with zero attached hydrogens (tertiary/aromatic N) is 1. The van der Waals surface area contributed by atoms with Crippen molar-refractivity contribution in [3.05, 3.63) is 23.8 Å². The minimum atomic E-state index is 0.198. The SMILES string of the molecule is CN(C1CCOCC1)C(CN)c1ccc2c(c1)OCCO2. The zero-order valence-electron chi connectivity index (χ0n) is 12.6. The first kappa shape index (κ1) is 14.6. The van der Waals surface area contributed by atoms with Crippen LogP contribution in [0.5, 0.6) is 11.5 Å². The Balaban J connectivity index is 1.78. The van der Waals surface area contributed by atoms with Crippen molar-refractivity contribution in [2.75, 3.05) is 40.0 Å². The van der Waals surface area contributed by atoms with Crippen LogP contribution in [0.2, 0.25) is 0 Å². The van der Waals surface area contributed by atoms with Gasteiger partial charge in [0.1, 0.15) is 13.2 Å². The van der Waals surface area contributed by atoms with E-state index < -0.39 is 0 Å². The van der Waals surface area contributed by atoms with Crippen LogP contribution in [0, 0.1) is 0 Å². The molecule has 2 N–H and O–H groups in total. The maximum absolute atomic E-state index is 6.04. The maximum atomic E-state index is 6.04. The number of nitrogens with two attached hydrogens (primary N) is 1. The number of likely N-dealkylation sites (N-methyl/N-ethyl adjacent to an activating group) is 1. The highest BCUT2D eigenvalue weighted by molar-refractivity contribution is 5.44. The molecule has 1 atom stereocenters. The van der Waals surface area contributed by atoms with Crippen LogP contribution in [0.3, 0.4) is 0 Å². The standard InChI is InChI=1S/C16H24N2O3/c1-18(13-4-6-19-7-5-13)14(11-17)12-2-3-15-16(10-12)21-9-8-20-15/h2-3,10,13-14H,4-9,11,17H2,1H3. The third-order valence-electron chi connectivity index (χ3n) is 4.43. The molecule has 5 nitrogen and oxygen atoms in total. The van der Waals surface area contributed by atoms with E-state index in [9.17, 15) is 0 Å². The topological polar surface area (TPSA) is 57.0 Å². The van der Waals surface area contributed by atoms with Crippen molar-refractivity contribution < 1.29 is 14.2 Å².